The van der Waals surface area contributed by atoms with E-state index in [-0.39, 0.29) is 11.8 Å². The highest BCUT2D eigenvalue weighted by Gasteiger charge is 2.23. The summed E-state index contributed by atoms with van der Waals surface area (Å²) >= 11 is 6.18. The quantitative estimate of drug-likeness (QED) is 0.691. The maximum absolute atomic E-state index is 12.7. The number of fused-ring (bicyclic) bond motifs is 1. The summed E-state index contributed by atoms with van der Waals surface area (Å²) in [5.74, 6) is -0.481. The van der Waals surface area contributed by atoms with E-state index < -0.39 is 6.10 Å². The van der Waals surface area contributed by atoms with Gasteiger partial charge in [0.15, 0.2) is 0 Å². The number of halogens is 1. The summed E-state index contributed by atoms with van der Waals surface area (Å²) in [6, 6.07) is 13.9. The van der Waals surface area contributed by atoms with Crippen LogP contribution in [0.4, 0.5) is 11.4 Å². The molecule has 0 radical (unpaired) electrons. The summed E-state index contributed by atoms with van der Waals surface area (Å²) in [5.41, 5.74) is 2.22. The summed E-state index contributed by atoms with van der Waals surface area (Å²) in [6.07, 6.45) is 2.82. The number of nitrogens with one attached hydrogen (secondary N) is 2. The molecule has 1 fully saturated rings. The fraction of sp³-hybridized carbons (Fsp3) is 0.190. The number of rotatable bonds is 4. The first-order chi connectivity index (χ1) is 13.6. The van der Waals surface area contributed by atoms with Crippen LogP contribution >= 0.6 is 11.6 Å². The number of anilines is 2. The topological polar surface area (TPSA) is 80.3 Å². The molecule has 1 aromatic heterocycles. The number of aromatic nitrogens is 1. The van der Waals surface area contributed by atoms with E-state index in [1.807, 2.05) is 6.07 Å². The summed E-state index contributed by atoms with van der Waals surface area (Å²) in [5, 5.41) is 6.97. The molecule has 1 saturated heterocycles. The molecule has 2 heterocycles. The highest BCUT2D eigenvalue weighted by molar-refractivity contribution is 6.35. The molecule has 0 unspecified atom stereocenters. The van der Waals surface area contributed by atoms with Gasteiger partial charge in [0.1, 0.15) is 6.10 Å². The number of ether oxygens (including phenoxy) is 1. The Labute approximate surface area is 166 Å². The lowest BCUT2D eigenvalue weighted by atomic mass is 10.1. The van der Waals surface area contributed by atoms with Gasteiger partial charge in [-0.3, -0.25) is 14.6 Å². The Morgan fingerprint density at radius 3 is 2.82 bits per heavy atom. The molecule has 7 heteroatoms. The van der Waals surface area contributed by atoms with E-state index in [0.29, 0.717) is 40.5 Å². The minimum Gasteiger partial charge on any atom is -0.368 e. The van der Waals surface area contributed by atoms with E-state index in [9.17, 15) is 9.59 Å². The zero-order valence-electron chi connectivity index (χ0n) is 14.9. The molecular formula is C21H18ClN3O3. The van der Waals surface area contributed by atoms with E-state index in [1.54, 1.807) is 48.7 Å². The molecule has 3 aromatic rings. The van der Waals surface area contributed by atoms with Crippen LogP contribution in [0.2, 0.25) is 5.02 Å². The van der Waals surface area contributed by atoms with Gasteiger partial charge in [0.2, 0.25) is 0 Å². The molecule has 2 N–H and O–H groups in total. The average Bonchev–Trinajstić information content (AvgIpc) is 3.25. The van der Waals surface area contributed by atoms with Crippen molar-refractivity contribution in [3.63, 3.8) is 0 Å². The van der Waals surface area contributed by atoms with Gasteiger partial charge in [0.05, 0.1) is 16.2 Å². The van der Waals surface area contributed by atoms with Crippen molar-refractivity contribution in [1.29, 1.82) is 0 Å². The third kappa shape index (κ3) is 3.83. The van der Waals surface area contributed by atoms with E-state index in [0.717, 1.165) is 11.8 Å². The van der Waals surface area contributed by atoms with Crippen LogP contribution in [0, 0.1) is 0 Å². The molecule has 2 aromatic carbocycles. The summed E-state index contributed by atoms with van der Waals surface area (Å²) < 4.78 is 5.39. The van der Waals surface area contributed by atoms with Crippen LogP contribution in [0.1, 0.15) is 23.2 Å². The third-order valence-electron chi connectivity index (χ3n) is 4.58. The SMILES string of the molecule is O=C(Nc1ccc(Cl)c2ncccc12)c1cccc(NC(=O)[C@@H]2CCCO2)c1. The van der Waals surface area contributed by atoms with E-state index >= 15 is 0 Å². The standard InChI is InChI=1S/C21H18ClN3O3/c22-16-8-9-17(15-6-2-10-23-19(15)16)25-20(26)13-4-1-5-14(12-13)24-21(27)18-7-3-11-28-18/h1-2,4-6,8-10,12,18H,3,7,11H2,(H,24,27)(H,25,26)/t18-/m0/s1. The molecule has 2 amide bonds. The molecular weight excluding hydrogens is 378 g/mol. The van der Waals surface area contributed by atoms with E-state index in [4.69, 9.17) is 16.3 Å². The number of nitrogens with zero attached hydrogens (tertiary/aromatic N) is 1. The highest BCUT2D eigenvalue weighted by Crippen LogP contribution is 2.28. The fourth-order valence-electron chi connectivity index (χ4n) is 3.19. The second-order valence-corrected chi connectivity index (χ2v) is 6.93. The predicted octanol–water partition coefficient (Wildman–Crippen LogP) is 4.26. The van der Waals surface area contributed by atoms with Crippen molar-refractivity contribution in [2.24, 2.45) is 0 Å². The number of amides is 2. The first-order valence-corrected chi connectivity index (χ1v) is 9.37. The number of benzene rings is 2. The van der Waals surface area contributed by atoms with Crippen molar-refractivity contribution < 1.29 is 14.3 Å². The van der Waals surface area contributed by atoms with Gasteiger partial charge in [-0.15, -0.1) is 0 Å². The molecule has 1 aliphatic heterocycles. The first-order valence-electron chi connectivity index (χ1n) is 8.99. The maximum atomic E-state index is 12.7. The van der Waals surface area contributed by atoms with Gasteiger partial charge in [0, 0.05) is 29.4 Å². The van der Waals surface area contributed by atoms with Gasteiger partial charge in [0.25, 0.3) is 11.8 Å². The lowest BCUT2D eigenvalue weighted by Gasteiger charge is -2.12. The molecule has 0 bridgehead atoms. The van der Waals surface area contributed by atoms with Crippen LogP contribution in [-0.4, -0.2) is 29.5 Å². The molecule has 6 nitrogen and oxygen atoms in total. The number of carbonyl (C=O) groups is 2. The Bertz CT molecular complexity index is 1050. The van der Waals surface area contributed by atoms with Crippen molar-refractivity contribution >= 4 is 45.7 Å². The average molecular weight is 396 g/mol. The predicted molar refractivity (Wildman–Crippen MR) is 109 cm³/mol. The van der Waals surface area contributed by atoms with Crippen LogP contribution in [0.3, 0.4) is 0 Å². The first kappa shape index (κ1) is 18.4. The molecule has 0 spiro atoms. The van der Waals surface area contributed by atoms with Crippen molar-refractivity contribution in [3.05, 3.63) is 65.3 Å². The number of hydrogen-bond acceptors (Lipinski definition) is 4. The van der Waals surface area contributed by atoms with Gasteiger partial charge in [-0.25, -0.2) is 0 Å². The number of hydrogen-bond donors (Lipinski definition) is 2. The van der Waals surface area contributed by atoms with Crippen LogP contribution < -0.4 is 10.6 Å². The molecule has 0 aliphatic carbocycles. The summed E-state index contributed by atoms with van der Waals surface area (Å²) in [6.45, 7) is 0.602. The largest absolute Gasteiger partial charge is 0.368 e. The molecule has 4 rings (SSSR count). The zero-order chi connectivity index (χ0) is 19.5. The van der Waals surface area contributed by atoms with Gasteiger partial charge in [-0.1, -0.05) is 17.7 Å². The maximum Gasteiger partial charge on any atom is 0.255 e. The lowest BCUT2D eigenvalue weighted by molar-refractivity contribution is -0.124. The normalized spacial score (nSPS) is 16.1. The molecule has 1 atom stereocenters. The van der Waals surface area contributed by atoms with Crippen LogP contribution in [0.25, 0.3) is 10.9 Å². The van der Waals surface area contributed by atoms with Crippen molar-refractivity contribution in [3.8, 4) is 0 Å². The minimum absolute atomic E-state index is 0.190. The molecule has 0 saturated carbocycles. The Kier molecular flexibility index (Phi) is 5.23. The summed E-state index contributed by atoms with van der Waals surface area (Å²) in [7, 11) is 0. The second-order valence-electron chi connectivity index (χ2n) is 6.52. The smallest absolute Gasteiger partial charge is 0.255 e. The highest BCUT2D eigenvalue weighted by atomic mass is 35.5. The Balaban J connectivity index is 1.53. The number of pyridine rings is 1. The second kappa shape index (κ2) is 7.96. The van der Waals surface area contributed by atoms with Gasteiger partial charge in [-0.2, -0.15) is 0 Å². The monoisotopic (exact) mass is 395 g/mol. The van der Waals surface area contributed by atoms with Crippen molar-refractivity contribution in [2.75, 3.05) is 17.2 Å². The fourth-order valence-corrected chi connectivity index (χ4v) is 3.40. The van der Waals surface area contributed by atoms with Crippen LogP contribution in [0.15, 0.2) is 54.7 Å². The molecule has 142 valence electrons. The Hall–Kier alpha value is -2.96. The van der Waals surface area contributed by atoms with Crippen molar-refractivity contribution in [2.45, 2.75) is 18.9 Å². The lowest BCUT2D eigenvalue weighted by Crippen LogP contribution is -2.27. The Morgan fingerprint density at radius 2 is 2.00 bits per heavy atom. The van der Waals surface area contributed by atoms with E-state index in [1.165, 1.54) is 0 Å². The Morgan fingerprint density at radius 1 is 1.11 bits per heavy atom. The third-order valence-corrected chi connectivity index (χ3v) is 4.89. The summed E-state index contributed by atoms with van der Waals surface area (Å²) in [4.78, 5) is 29.2. The zero-order valence-corrected chi connectivity index (χ0v) is 15.7. The molecule has 28 heavy (non-hydrogen) atoms. The van der Waals surface area contributed by atoms with Gasteiger partial charge in [-0.05, 0) is 55.3 Å². The van der Waals surface area contributed by atoms with Gasteiger partial charge >= 0.3 is 0 Å². The van der Waals surface area contributed by atoms with E-state index in [2.05, 4.69) is 15.6 Å². The number of carbonyl (C=O) groups excluding carboxylic acids is 2. The van der Waals surface area contributed by atoms with Gasteiger partial charge < -0.3 is 15.4 Å². The minimum atomic E-state index is -0.426. The van der Waals surface area contributed by atoms with Crippen molar-refractivity contribution in [1.82, 2.24) is 4.98 Å². The van der Waals surface area contributed by atoms with Crippen LogP contribution in [0.5, 0.6) is 0 Å². The molecule has 1 aliphatic rings. The van der Waals surface area contributed by atoms with Crippen LogP contribution in [-0.2, 0) is 9.53 Å².